The van der Waals surface area contributed by atoms with Crippen molar-refractivity contribution < 1.29 is 14.6 Å². The summed E-state index contributed by atoms with van der Waals surface area (Å²) in [7, 11) is 1.69. The standard InChI is InChI=1S/C10H16N2O3/c1-4-15-10(14)9-8(5-6-13)7(2)11-12(9)3/h13H,4-6H2,1-3H3. The number of hydrogen-bond donors (Lipinski definition) is 1. The van der Waals surface area contributed by atoms with E-state index in [1.165, 1.54) is 4.68 Å². The van der Waals surface area contributed by atoms with E-state index in [0.717, 1.165) is 11.3 Å². The van der Waals surface area contributed by atoms with Gasteiger partial charge >= 0.3 is 5.97 Å². The van der Waals surface area contributed by atoms with E-state index in [1.807, 2.05) is 6.92 Å². The molecule has 1 aromatic rings. The third kappa shape index (κ3) is 2.36. The van der Waals surface area contributed by atoms with E-state index in [0.29, 0.717) is 18.7 Å². The third-order valence-corrected chi connectivity index (χ3v) is 2.18. The molecule has 0 bridgehead atoms. The summed E-state index contributed by atoms with van der Waals surface area (Å²) in [6.07, 6.45) is 0.424. The van der Waals surface area contributed by atoms with Gasteiger partial charge in [0, 0.05) is 19.2 Å². The van der Waals surface area contributed by atoms with Crippen molar-refractivity contribution in [3.63, 3.8) is 0 Å². The van der Waals surface area contributed by atoms with E-state index < -0.39 is 0 Å². The first-order chi connectivity index (χ1) is 7.11. The van der Waals surface area contributed by atoms with Gasteiger partial charge in [-0.3, -0.25) is 4.68 Å². The lowest BCUT2D eigenvalue weighted by Gasteiger charge is -2.04. The summed E-state index contributed by atoms with van der Waals surface area (Å²) in [5.74, 6) is -0.385. The minimum atomic E-state index is -0.385. The van der Waals surface area contributed by atoms with Crippen LogP contribution in [0.15, 0.2) is 0 Å². The number of nitrogens with zero attached hydrogens (tertiary/aromatic N) is 2. The predicted molar refractivity (Wildman–Crippen MR) is 54.7 cm³/mol. The Morgan fingerprint density at radius 2 is 2.27 bits per heavy atom. The zero-order valence-corrected chi connectivity index (χ0v) is 9.28. The Kier molecular flexibility index (Phi) is 3.85. The van der Waals surface area contributed by atoms with Crippen molar-refractivity contribution in [2.45, 2.75) is 20.3 Å². The van der Waals surface area contributed by atoms with Crippen LogP contribution < -0.4 is 0 Å². The number of ether oxygens (including phenoxy) is 1. The molecular formula is C10H16N2O3. The van der Waals surface area contributed by atoms with Crippen LogP contribution in [0.4, 0.5) is 0 Å². The lowest BCUT2D eigenvalue weighted by Crippen LogP contribution is -2.13. The molecule has 5 heteroatoms. The molecule has 5 nitrogen and oxygen atoms in total. The van der Waals surface area contributed by atoms with Crippen molar-refractivity contribution in [1.29, 1.82) is 0 Å². The second-order valence-corrected chi connectivity index (χ2v) is 3.23. The number of esters is 1. The van der Waals surface area contributed by atoms with Crippen LogP contribution in [0.3, 0.4) is 0 Å². The molecule has 84 valence electrons. The Hall–Kier alpha value is -1.36. The van der Waals surface area contributed by atoms with Gasteiger partial charge in [0.25, 0.3) is 0 Å². The van der Waals surface area contributed by atoms with Crippen molar-refractivity contribution in [1.82, 2.24) is 9.78 Å². The number of aromatic nitrogens is 2. The van der Waals surface area contributed by atoms with E-state index in [1.54, 1.807) is 14.0 Å². The molecule has 0 fully saturated rings. The second-order valence-electron chi connectivity index (χ2n) is 3.23. The van der Waals surface area contributed by atoms with E-state index in [9.17, 15) is 4.79 Å². The van der Waals surface area contributed by atoms with Crippen molar-refractivity contribution in [2.24, 2.45) is 7.05 Å². The lowest BCUT2D eigenvalue weighted by atomic mass is 10.1. The molecule has 0 aliphatic rings. The van der Waals surface area contributed by atoms with Gasteiger partial charge in [-0.1, -0.05) is 0 Å². The second kappa shape index (κ2) is 4.93. The Balaban J connectivity index is 3.08. The third-order valence-electron chi connectivity index (χ3n) is 2.18. The number of aryl methyl sites for hydroxylation is 2. The van der Waals surface area contributed by atoms with Gasteiger partial charge in [0.1, 0.15) is 5.69 Å². The number of hydrogen-bond acceptors (Lipinski definition) is 4. The summed E-state index contributed by atoms with van der Waals surface area (Å²) in [6.45, 7) is 3.90. The quantitative estimate of drug-likeness (QED) is 0.735. The van der Waals surface area contributed by atoms with E-state index in [2.05, 4.69) is 5.10 Å². The summed E-state index contributed by atoms with van der Waals surface area (Å²) >= 11 is 0. The molecule has 0 amide bonds. The number of aliphatic hydroxyl groups is 1. The molecule has 0 saturated heterocycles. The van der Waals surface area contributed by atoms with E-state index in [-0.39, 0.29) is 12.6 Å². The van der Waals surface area contributed by atoms with Crippen LogP contribution in [0.1, 0.15) is 28.7 Å². The molecule has 0 unspecified atom stereocenters. The van der Waals surface area contributed by atoms with Crippen molar-refractivity contribution >= 4 is 5.97 Å². The maximum Gasteiger partial charge on any atom is 0.356 e. The Morgan fingerprint density at radius 1 is 1.60 bits per heavy atom. The number of carbonyl (C=O) groups is 1. The fourth-order valence-electron chi connectivity index (χ4n) is 1.57. The van der Waals surface area contributed by atoms with Crippen LogP contribution >= 0.6 is 0 Å². The molecule has 0 saturated carbocycles. The van der Waals surface area contributed by atoms with Gasteiger partial charge in [0.15, 0.2) is 0 Å². The highest BCUT2D eigenvalue weighted by Gasteiger charge is 2.20. The number of aliphatic hydroxyl groups excluding tert-OH is 1. The van der Waals surface area contributed by atoms with Crippen molar-refractivity contribution in [3.8, 4) is 0 Å². The lowest BCUT2D eigenvalue weighted by molar-refractivity contribution is 0.0512. The number of rotatable bonds is 4. The molecule has 0 aliphatic carbocycles. The summed E-state index contributed by atoms with van der Waals surface area (Å²) in [5.41, 5.74) is 1.96. The normalized spacial score (nSPS) is 10.4. The molecule has 1 heterocycles. The molecule has 1 N–H and O–H groups in total. The van der Waals surface area contributed by atoms with E-state index >= 15 is 0 Å². The minimum Gasteiger partial charge on any atom is -0.461 e. The average molecular weight is 212 g/mol. The van der Waals surface area contributed by atoms with Crippen LogP contribution in [-0.2, 0) is 18.2 Å². The van der Waals surface area contributed by atoms with Gasteiger partial charge in [0.05, 0.1) is 12.3 Å². The topological polar surface area (TPSA) is 64.3 Å². The summed E-state index contributed by atoms with van der Waals surface area (Å²) in [5, 5.41) is 13.0. The van der Waals surface area contributed by atoms with Gasteiger partial charge < -0.3 is 9.84 Å². The van der Waals surface area contributed by atoms with Gasteiger partial charge in [0.2, 0.25) is 0 Å². The zero-order valence-electron chi connectivity index (χ0n) is 9.28. The monoisotopic (exact) mass is 212 g/mol. The van der Waals surface area contributed by atoms with Gasteiger partial charge in [-0.05, 0) is 20.3 Å². The highest BCUT2D eigenvalue weighted by Crippen LogP contribution is 2.14. The number of carbonyl (C=O) groups excluding carboxylic acids is 1. The molecule has 1 aromatic heterocycles. The Labute approximate surface area is 88.7 Å². The summed E-state index contributed by atoms with van der Waals surface area (Å²) < 4.78 is 6.43. The van der Waals surface area contributed by atoms with Gasteiger partial charge in [-0.15, -0.1) is 0 Å². The largest absolute Gasteiger partial charge is 0.461 e. The SMILES string of the molecule is CCOC(=O)c1c(CCO)c(C)nn1C. The van der Waals surface area contributed by atoms with Crippen LogP contribution in [0.5, 0.6) is 0 Å². The highest BCUT2D eigenvalue weighted by molar-refractivity contribution is 5.89. The zero-order chi connectivity index (χ0) is 11.4. The predicted octanol–water partition coefficient (Wildman–Crippen LogP) is 0.440. The maximum absolute atomic E-state index is 11.6. The summed E-state index contributed by atoms with van der Waals surface area (Å²) in [6, 6.07) is 0. The van der Waals surface area contributed by atoms with Crippen molar-refractivity contribution in [3.05, 3.63) is 17.0 Å². The molecular weight excluding hydrogens is 196 g/mol. The molecule has 0 spiro atoms. The average Bonchev–Trinajstić information content (AvgIpc) is 2.43. The first-order valence-corrected chi connectivity index (χ1v) is 4.92. The van der Waals surface area contributed by atoms with Gasteiger partial charge in [-0.25, -0.2) is 4.79 Å². The van der Waals surface area contributed by atoms with E-state index in [4.69, 9.17) is 9.84 Å². The molecule has 0 aromatic carbocycles. The first-order valence-electron chi connectivity index (χ1n) is 4.92. The Morgan fingerprint density at radius 3 is 2.80 bits per heavy atom. The molecule has 0 aliphatic heterocycles. The maximum atomic E-state index is 11.6. The van der Waals surface area contributed by atoms with Crippen molar-refractivity contribution in [2.75, 3.05) is 13.2 Å². The fraction of sp³-hybridized carbons (Fsp3) is 0.600. The molecule has 0 radical (unpaired) electrons. The molecule has 1 rings (SSSR count). The van der Waals surface area contributed by atoms with Crippen LogP contribution in [-0.4, -0.2) is 34.1 Å². The van der Waals surface area contributed by atoms with Crippen LogP contribution in [0.2, 0.25) is 0 Å². The Bertz CT molecular complexity index is 358. The van der Waals surface area contributed by atoms with Crippen LogP contribution in [0, 0.1) is 6.92 Å². The molecule has 0 atom stereocenters. The minimum absolute atomic E-state index is 0.00105. The summed E-state index contributed by atoms with van der Waals surface area (Å²) in [4.78, 5) is 11.6. The molecule has 15 heavy (non-hydrogen) atoms. The fourth-order valence-corrected chi connectivity index (χ4v) is 1.57. The smallest absolute Gasteiger partial charge is 0.356 e. The van der Waals surface area contributed by atoms with Gasteiger partial charge in [-0.2, -0.15) is 5.10 Å². The first kappa shape index (κ1) is 11.7. The van der Waals surface area contributed by atoms with Crippen LogP contribution in [0.25, 0.3) is 0 Å². The highest BCUT2D eigenvalue weighted by atomic mass is 16.5.